The van der Waals surface area contributed by atoms with Crippen LogP contribution in [0.4, 0.5) is 0 Å². The summed E-state index contributed by atoms with van der Waals surface area (Å²) in [4.78, 5) is 0. The Labute approximate surface area is 145 Å². The van der Waals surface area contributed by atoms with Crippen LogP contribution in [0.5, 0.6) is 0 Å². The average Bonchev–Trinajstić information content (AvgIpc) is 2.66. The fourth-order valence-corrected chi connectivity index (χ4v) is 2.49. The number of hydrogen-bond donors (Lipinski definition) is 0. The van der Waals surface area contributed by atoms with Gasteiger partial charge < -0.3 is 0 Å². The Morgan fingerprint density at radius 3 is 1.83 bits per heavy atom. The topological polar surface area (TPSA) is 95.3 Å². The van der Waals surface area contributed by atoms with Gasteiger partial charge in [0.15, 0.2) is 0 Å². The molecule has 2 aliphatic heterocycles. The molecular formula is C15H18CrN2O5. The van der Waals surface area contributed by atoms with Crippen LogP contribution in [0.3, 0.4) is 0 Å². The van der Waals surface area contributed by atoms with Crippen LogP contribution < -0.4 is 0 Å². The van der Waals surface area contributed by atoms with Crippen molar-refractivity contribution in [3.05, 3.63) is 38.8 Å². The summed E-state index contributed by atoms with van der Waals surface area (Å²) >= 11 is 3.22. The third-order valence-electron chi connectivity index (χ3n) is 2.82. The number of hydrazine groups is 1. The van der Waals surface area contributed by atoms with Gasteiger partial charge in [0.05, 0.1) is 0 Å². The summed E-state index contributed by atoms with van der Waals surface area (Å²) in [5.74, 6) is 0. The Morgan fingerprint density at radius 1 is 0.826 bits per heavy atom. The van der Waals surface area contributed by atoms with Gasteiger partial charge in [-0.15, -0.1) is 0 Å². The van der Waals surface area contributed by atoms with E-state index in [2.05, 4.69) is 64.6 Å². The summed E-state index contributed by atoms with van der Waals surface area (Å²) < 4.78 is 36.8. The molecule has 0 spiro atoms. The molecule has 1 saturated heterocycles. The SMILES string of the molecule is [C-]#[O+].[C-]#[O+].[C-]#[O+].[C-]#[O+].[Cr]=[C]1CC/C=C\CCN1N1CCOCC1. The summed E-state index contributed by atoms with van der Waals surface area (Å²) in [5, 5.41) is 4.82. The predicted molar refractivity (Wildman–Crippen MR) is 72.8 cm³/mol. The number of rotatable bonds is 1. The van der Waals surface area contributed by atoms with Gasteiger partial charge in [-0.1, -0.05) is 0 Å². The van der Waals surface area contributed by atoms with Crippen molar-refractivity contribution in [2.24, 2.45) is 0 Å². The molecule has 23 heavy (non-hydrogen) atoms. The molecule has 2 aliphatic rings. The average molecular weight is 358 g/mol. The molecule has 0 radical (unpaired) electrons. The van der Waals surface area contributed by atoms with Crippen LogP contribution in [-0.2, 0) is 39.2 Å². The fraction of sp³-hybridized carbons (Fsp3) is 0.533. The van der Waals surface area contributed by atoms with E-state index in [1.54, 1.807) is 0 Å². The molecule has 0 aliphatic carbocycles. The van der Waals surface area contributed by atoms with Crippen LogP contribution >= 0.6 is 0 Å². The molecule has 124 valence electrons. The molecule has 1 fully saturated rings. The number of ether oxygens (including phenoxy) is 1. The first kappa shape index (κ1) is 26.9. The number of morpholine rings is 1. The van der Waals surface area contributed by atoms with Crippen LogP contribution in [0.2, 0.25) is 0 Å². The van der Waals surface area contributed by atoms with Crippen molar-refractivity contribution in [2.45, 2.75) is 19.3 Å². The van der Waals surface area contributed by atoms with Gasteiger partial charge in [-0.3, -0.25) is 0 Å². The molecular weight excluding hydrogens is 340 g/mol. The van der Waals surface area contributed by atoms with Gasteiger partial charge in [0.2, 0.25) is 0 Å². The predicted octanol–water partition coefficient (Wildman–Crippen LogP) is 0.802. The molecule has 0 aromatic heterocycles. The van der Waals surface area contributed by atoms with E-state index in [-0.39, 0.29) is 0 Å². The van der Waals surface area contributed by atoms with E-state index in [1.807, 2.05) is 0 Å². The summed E-state index contributed by atoms with van der Waals surface area (Å²) in [6.45, 7) is 22.9. The first-order valence-electron chi connectivity index (χ1n) is 6.47. The molecule has 0 amide bonds. The minimum atomic E-state index is 0.861. The van der Waals surface area contributed by atoms with Crippen LogP contribution in [0.1, 0.15) is 19.3 Å². The second kappa shape index (κ2) is 23.3. The summed E-state index contributed by atoms with van der Waals surface area (Å²) in [5.41, 5.74) is 0. The summed E-state index contributed by atoms with van der Waals surface area (Å²) in [7, 11) is 0. The molecule has 0 bridgehead atoms. The number of allylic oxidation sites excluding steroid dienone is 1. The third-order valence-corrected chi connectivity index (χ3v) is 3.46. The second-order valence-corrected chi connectivity index (χ2v) is 4.62. The fourth-order valence-electron chi connectivity index (χ4n) is 1.99. The molecule has 0 saturated carbocycles. The first-order valence-corrected chi connectivity index (χ1v) is 7.11. The zero-order valence-electron chi connectivity index (χ0n) is 12.7. The summed E-state index contributed by atoms with van der Waals surface area (Å²) in [6.07, 6.45) is 8.01. The maximum absolute atomic E-state index is 7.50. The Hall–Kier alpha value is -1.02. The van der Waals surface area contributed by atoms with Gasteiger partial charge in [0.1, 0.15) is 0 Å². The second-order valence-electron chi connectivity index (χ2n) is 3.88. The van der Waals surface area contributed by atoms with Crippen molar-refractivity contribution in [3.8, 4) is 0 Å². The van der Waals surface area contributed by atoms with E-state index in [4.69, 9.17) is 23.3 Å². The van der Waals surface area contributed by atoms with E-state index in [0.29, 0.717) is 0 Å². The normalized spacial score (nSPS) is 18.9. The van der Waals surface area contributed by atoms with E-state index < -0.39 is 0 Å². The van der Waals surface area contributed by atoms with Crippen molar-refractivity contribution in [1.29, 1.82) is 0 Å². The zero-order chi connectivity index (χ0) is 18.5. The van der Waals surface area contributed by atoms with Crippen LogP contribution in [0, 0.1) is 26.6 Å². The molecule has 8 heteroatoms. The standard InChI is InChI=1S/C11H18N2O.4CO.Cr/c1-2-4-6-12(7-5-3-1)13-8-10-14-11-9-13;4*1-2;/h1-2H,3-6,8-11H2;;;;;/b2-1-;;;;;. The van der Waals surface area contributed by atoms with Crippen LogP contribution in [0.15, 0.2) is 12.2 Å². The molecule has 0 N–H and O–H groups in total. The quantitative estimate of drug-likeness (QED) is 0.394. The van der Waals surface area contributed by atoms with Crippen molar-refractivity contribution in [3.63, 3.8) is 0 Å². The Kier molecular flexibility index (Phi) is 27.2. The zero-order valence-corrected chi connectivity index (χ0v) is 13.9. The number of hydrogen-bond acceptors (Lipinski definition) is 3. The Bertz CT molecular complexity index is 374. The van der Waals surface area contributed by atoms with E-state index in [9.17, 15) is 0 Å². The van der Waals surface area contributed by atoms with E-state index in [0.717, 1.165) is 52.1 Å². The van der Waals surface area contributed by atoms with Gasteiger partial charge in [-0.25, -0.2) is 0 Å². The molecule has 7 nitrogen and oxygen atoms in total. The van der Waals surface area contributed by atoms with Crippen molar-refractivity contribution in [2.75, 3.05) is 32.8 Å². The minimum absolute atomic E-state index is 0.861. The first-order chi connectivity index (χ1) is 11.4. The van der Waals surface area contributed by atoms with E-state index >= 15 is 0 Å². The molecule has 0 unspecified atom stereocenters. The third kappa shape index (κ3) is 13.1. The molecule has 0 aromatic rings. The maximum atomic E-state index is 7.50. The van der Waals surface area contributed by atoms with Crippen LogP contribution in [-0.4, -0.2) is 47.4 Å². The van der Waals surface area contributed by atoms with Gasteiger partial charge in [0, 0.05) is 0 Å². The van der Waals surface area contributed by atoms with Gasteiger partial charge in [0.25, 0.3) is 0 Å². The van der Waals surface area contributed by atoms with Gasteiger partial charge in [-0.05, 0) is 0 Å². The molecule has 0 atom stereocenters. The van der Waals surface area contributed by atoms with Crippen molar-refractivity contribution in [1.82, 2.24) is 10.0 Å². The molecule has 0 aromatic carbocycles. The van der Waals surface area contributed by atoms with E-state index in [1.165, 1.54) is 4.50 Å². The van der Waals surface area contributed by atoms with Crippen molar-refractivity contribution < 1.29 is 39.2 Å². The van der Waals surface area contributed by atoms with Gasteiger partial charge >= 0.3 is 145 Å². The Morgan fingerprint density at radius 2 is 1.30 bits per heavy atom. The van der Waals surface area contributed by atoms with Crippen molar-refractivity contribution >= 4 is 4.50 Å². The molecule has 2 rings (SSSR count). The summed E-state index contributed by atoms with van der Waals surface area (Å²) in [6, 6.07) is 0. The van der Waals surface area contributed by atoms with Crippen LogP contribution in [0.25, 0.3) is 0 Å². The molecule has 2 heterocycles. The van der Waals surface area contributed by atoms with Gasteiger partial charge in [-0.2, -0.15) is 0 Å². The monoisotopic (exact) mass is 358 g/mol. The Balaban J connectivity index is -0.000000438. The number of nitrogens with zero attached hydrogens (tertiary/aromatic N) is 2.